The van der Waals surface area contributed by atoms with Crippen molar-refractivity contribution in [3.05, 3.63) is 65.7 Å². The van der Waals surface area contributed by atoms with Gasteiger partial charge in [0.1, 0.15) is 5.65 Å². The van der Waals surface area contributed by atoms with Gasteiger partial charge in [-0.05, 0) is 35.9 Å². The van der Waals surface area contributed by atoms with Crippen molar-refractivity contribution < 1.29 is 0 Å². The van der Waals surface area contributed by atoms with Gasteiger partial charge >= 0.3 is 0 Å². The number of nitrogens with zero attached hydrogens (tertiary/aromatic N) is 4. The molecule has 3 aromatic heterocycles. The van der Waals surface area contributed by atoms with E-state index in [4.69, 9.17) is 16.9 Å². The molecule has 4 rings (SSSR count). The first kappa shape index (κ1) is 13.6. The van der Waals surface area contributed by atoms with E-state index in [1.165, 1.54) is 0 Å². The number of H-pyrrole nitrogens is 1. The Balaban J connectivity index is 1.84. The fraction of sp³-hybridized carbons (Fsp3) is 0. The largest absolute Gasteiger partial charge is 0.346 e. The van der Waals surface area contributed by atoms with Crippen molar-refractivity contribution in [1.82, 2.24) is 19.7 Å². The molecule has 23 heavy (non-hydrogen) atoms. The van der Waals surface area contributed by atoms with Crippen LogP contribution in [0.4, 0.5) is 0 Å². The predicted octanol–water partition coefficient (Wildman–Crippen LogP) is 3.94. The van der Waals surface area contributed by atoms with Crippen molar-refractivity contribution in [3.63, 3.8) is 0 Å². The number of halogens is 1. The van der Waals surface area contributed by atoms with Gasteiger partial charge in [0.2, 0.25) is 0 Å². The van der Waals surface area contributed by atoms with E-state index in [2.05, 4.69) is 21.1 Å². The van der Waals surface area contributed by atoms with Crippen LogP contribution < -0.4 is 0 Å². The molecule has 0 unspecified atom stereocenters. The summed E-state index contributed by atoms with van der Waals surface area (Å²) in [7, 11) is 0. The lowest BCUT2D eigenvalue weighted by Crippen LogP contribution is -1.95. The molecule has 0 atom stereocenters. The molecule has 0 fully saturated rings. The zero-order valence-electron chi connectivity index (χ0n) is 11.9. The van der Waals surface area contributed by atoms with Crippen molar-refractivity contribution in [2.24, 2.45) is 0 Å². The quantitative estimate of drug-likeness (QED) is 0.608. The number of fused-ring (bicyclic) bond motifs is 1. The van der Waals surface area contributed by atoms with Crippen LogP contribution in [-0.4, -0.2) is 19.7 Å². The monoisotopic (exact) mass is 319 g/mol. The third-order valence-corrected chi connectivity index (χ3v) is 4.00. The van der Waals surface area contributed by atoms with E-state index in [1.807, 2.05) is 24.5 Å². The van der Waals surface area contributed by atoms with Crippen LogP contribution in [0.15, 0.2) is 55.1 Å². The minimum atomic E-state index is 0.540. The summed E-state index contributed by atoms with van der Waals surface area (Å²) in [5, 5.41) is 15.0. The number of aromatic amines is 1. The van der Waals surface area contributed by atoms with E-state index < -0.39 is 0 Å². The summed E-state index contributed by atoms with van der Waals surface area (Å²) in [5.41, 5.74) is 4.04. The Kier molecular flexibility index (Phi) is 3.11. The second-order valence-corrected chi connectivity index (χ2v) is 5.46. The van der Waals surface area contributed by atoms with Crippen molar-refractivity contribution in [1.29, 1.82) is 5.26 Å². The van der Waals surface area contributed by atoms with Gasteiger partial charge in [-0.15, -0.1) is 0 Å². The molecule has 0 aliphatic rings. The molecular formula is C17H10ClN5. The second kappa shape index (κ2) is 5.27. The normalized spacial score (nSPS) is 10.8. The van der Waals surface area contributed by atoms with Crippen molar-refractivity contribution >= 4 is 22.6 Å². The van der Waals surface area contributed by atoms with E-state index in [1.54, 1.807) is 35.3 Å². The maximum atomic E-state index is 9.04. The summed E-state index contributed by atoms with van der Waals surface area (Å²) < 4.78 is 1.68. The topological polar surface area (TPSA) is 70.3 Å². The van der Waals surface area contributed by atoms with Gasteiger partial charge in [0, 0.05) is 29.5 Å². The van der Waals surface area contributed by atoms with Gasteiger partial charge < -0.3 is 4.98 Å². The lowest BCUT2D eigenvalue weighted by molar-refractivity contribution is 0.880. The lowest BCUT2D eigenvalue weighted by atomic mass is 10.1. The van der Waals surface area contributed by atoms with Crippen LogP contribution in [0.25, 0.3) is 27.8 Å². The third kappa shape index (κ3) is 2.26. The van der Waals surface area contributed by atoms with Crippen LogP contribution in [0.1, 0.15) is 5.56 Å². The molecule has 0 saturated carbocycles. The molecule has 110 valence electrons. The minimum absolute atomic E-state index is 0.540. The Hall–Kier alpha value is -3.10. The van der Waals surface area contributed by atoms with E-state index in [0.29, 0.717) is 16.3 Å². The van der Waals surface area contributed by atoms with Crippen LogP contribution in [0, 0.1) is 11.3 Å². The van der Waals surface area contributed by atoms with Gasteiger partial charge in [0.05, 0.1) is 28.5 Å². The SMILES string of the molecule is N#Cc1ccc(Cl)c(-n2cc(-c3ccnc4[nH]ccc34)cn2)c1. The molecule has 0 aliphatic heterocycles. The fourth-order valence-electron chi connectivity index (χ4n) is 2.56. The van der Waals surface area contributed by atoms with Crippen LogP contribution in [0.2, 0.25) is 5.02 Å². The first-order valence-electron chi connectivity index (χ1n) is 6.93. The molecule has 0 aliphatic carbocycles. The molecule has 4 aromatic rings. The molecule has 0 radical (unpaired) electrons. The summed E-state index contributed by atoms with van der Waals surface area (Å²) >= 11 is 6.24. The molecule has 0 bridgehead atoms. The van der Waals surface area contributed by atoms with Crippen LogP contribution in [0.5, 0.6) is 0 Å². The highest BCUT2D eigenvalue weighted by Crippen LogP contribution is 2.28. The number of aromatic nitrogens is 4. The second-order valence-electron chi connectivity index (χ2n) is 5.05. The summed E-state index contributed by atoms with van der Waals surface area (Å²) in [6, 6.07) is 11.1. The highest BCUT2D eigenvalue weighted by Gasteiger charge is 2.10. The van der Waals surface area contributed by atoms with Crippen LogP contribution in [0.3, 0.4) is 0 Å². The van der Waals surface area contributed by atoms with Crippen molar-refractivity contribution in [2.45, 2.75) is 0 Å². The molecule has 1 aromatic carbocycles. The van der Waals surface area contributed by atoms with E-state index in [9.17, 15) is 0 Å². The number of nitriles is 1. The summed E-state index contributed by atoms with van der Waals surface area (Å²) in [6.45, 7) is 0. The number of rotatable bonds is 2. The van der Waals surface area contributed by atoms with Crippen molar-refractivity contribution in [2.75, 3.05) is 0 Å². The van der Waals surface area contributed by atoms with Gasteiger partial charge in [0.15, 0.2) is 0 Å². The molecule has 5 nitrogen and oxygen atoms in total. The first-order chi connectivity index (χ1) is 11.3. The van der Waals surface area contributed by atoms with Gasteiger partial charge in [-0.25, -0.2) is 9.67 Å². The average molecular weight is 320 g/mol. The summed E-state index contributed by atoms with van der Waals surface area (Å²) in [4.78, 5) is 7.39. The number of benzene rings is 1. The minimum Gasteiger partial charge on any atom is -0.346 e. The molecule has 3 heterocycles. The zero-order valence-corrected chi connectivity index (χ0v) is 12.6. The van der Waals surface area contributed by atoms with Gasteiger partial charge in [-0.2, -0.15) is 10.4 Å². The number of hydrogen-bond donors (Lipinski definition) is 1. The summed E-state index contributed by atoms with van der Waals surface area (Å²) in [5.74, 6) is 0. The maximum absolute atomic E-state index is 9.04. The molecule has 0 amide bonds. The first-order valence-corrected chi connectivity index (χ1v) is 7.31. The van der Waals surface area contributed by atoms with E-state index in [0.717, 1.165) is 22.2 Å². The van der Waals surface area contributed by atoms with Crippen molar-refractivity contribution in [3.8, 4) is 22.9 Å². The molecule has 0 spiro atoms. The predicted molar refractivity (Wildman–Crippen MR) is 88.4 cm³/mol. The Morgan fingerprint density at radius 1 is 1.22 bits per heavy atom. The Morgan fingerprint density at radius 2 is 2.13 bits per heavy atom. The highest BCUT2D eigenvalue weighted by atomic mass is 35.5. The summed E-state index contributed by atoms with van der Waals surface area (Å²) in [6.07, 6.45) is 7.29. The molecule has 0 saturated heterocycles. The Morgan fingerprint density at radius 3 is 3.00 bits per heavy atom. The van der Waals surface area contributed by atoms with E-state index >= 15 is 0 Å². The average Bonchev–Trinajstić information content (AvgIpc) is 3.24. The Labute approximate surface area is 136 Å². The number of nitrogens with one attached hydrogen (secondary N) is 1. The third-order valence-electron chi connectivity index (χ3n) is 3.68. The molecule has 6 heteroatoms. The van der Waals surface area contributed by atoms with Crippen LogP contribution >= 0.6 is 11.6 Å². The Bertz CT molecular complexity index is 1050. The highest BCUT2D eigenvalue weighted by molar-refractivity contribution is 6.32. The fourth-order valence-corrected chi connectivity index (χ4v) is 2.77. The lowest BCUT2D eigenvalue weighted by Gasteiger charge is -2.04. The van der Waals surface area contributed by atoms with Gasteiger partial charge in [0.25, 0.3) is 0 Å². The maximum Gasteiger partial charge on any atom is 0.137 e. The molecule has 1 N–H and O–H groups in total. The smallest absolute Gasteiger partial charge is 0.137 e. The van der Waals surface area contributed by atoms with Crippen LogP contribution in [-0.2, 0) is 0 Å². The van der Waals surface area contributed by atoms with E-state index in [-0.39, 0.29) is 0 Å². The molecular weight excluding hydrogens is 310 g/mol. The van der Waals surface area contributed by atoms with Gasteiger partial charge in [-0.3, -0.25) is 0 Å². The number of hydrogen-bond acceptors (Lipinski definition) is 3. The number of pyridine rings is 1. The standard InChI is InChI=1S/C17H10ClN5/c18-15-2-1-11(8-19)7-16(15)23-10-12(9-22-23)13-3-5-20-17-14(13)4-6-21-17/h1-7,9-10H,(H,20,21). The van der Waals surface area contributed by atoms with Gasteiger partial charge in [-0.1, -0.05) is 11.6 Å². The zero-order chi connectivity index (χ0) is 15.8.